The van der Waals surface area contributed by atoms with Crippen LogP contribution in [0.3, 0.4) is 0 Å². The Labute approximate surface area is 59.3 Å². The van der Waals surface area contributed by atoms with Crippen LogP contribution in [0, 0.1) is 0 Å². The van der Waals surface area contributed by atoms with Crippen LogP contribution in [0.4, 0.5) is 0 Å². The van der Waals surface area contributed by atoms with Crippen molar-refractivity contribution in [1.29, 1.82) is 0 Å². The molecule has 0 amide bonds. The Morgan fingerprint density at radius 1 is 1.60 bits per heavy atom. The molecule has 2 N–H and O–H groups in total. The van der Waals surface area contributed by atoms with Gasteiger partial charge in [-0.15, -0.1) is 6.58 Å². The fraction of sp³-hybridized carbons (Fsp3) is 0.286. The van der Waals surface area contributed by atoms with E-state index in [1.54, 1.807) is 6.08 Å². The second-order valence-corrected chi connectivity index (χ2v) is 1.72. The Hall–Kier alpha value is -1.09. The van der Waals surface area contributed by atoms with Gasteiger partial charge in [-0.2, -0.15) is 0 Å². The Morgan fingerprint density at radius 3 is 2.50 bits per heavy atom. The molecule has 0 aromatic heterocycles. The molecule has 0 aliphatic rings. The van der Waals surface area contributed by atoms with Crippen molar-refractivity contribution < 1.29 is 15.0 Å². The van der Waals surface area contributed by atoms with Gasteiger partial charge in [0.15, 0.2) is 0 Å². The number of carboxylic acid groups (broad SMARTS) is 1. The predicted octanol–water partition coefficient (Wildman–Crippen LogP) is 0.566. The second-order valence-electron chi connectivity index (χ2n) is 1.72. The lowest BCUT2D eigenvalue weighted by Gasteiger charge is -1.93. The van der Waals surface area contributed by atoms with Crippen molar-refractivity contribution in [1.82, 2.24) is 0 Å². The van der Waals surface area contributed by atoms with Gasteiger partial charge in [0.2, 0.25) is 0 Å². The summed E-state index contributed by atoms with van der Waals surface area (Å²) < 4.78 is 0. The third kappa shape index (κ3) is 3.04. The van der Waals surface area contributed by atoms with Crippen LogP contribution in [-0.4, -0.2) is 22.8 Å². The average Bonchev–Trinajstić information content (AvgIpc) is 1.89. The number of carboxylic acids is 1. The second kappa shape index (κ2) is 4.76. The molecule has 0 aromatic rings. The summed E-state index contributed by atoms with van der Waals surface area (Å²) >= 11 is 0. The highest BCUT2D eigenvalue weighted by Gasteiger charge is 2.02. The number of hydrogen-bond acceptors (Lipinski definition) is 2. The number of rotatable bonds is 4. The largest absolute Gasteiger partial charge is 0.478 e. The smallest absolute Gasteiger partial charge is 0.333 e. The van der Waals surface area contributed by atoms with E-state index in [0.29, 0.717) is 6.42 Å². The molecule has 0 heterocycles. The molecule has 0 fully saturated rings. The molecule has 10 heavy (non-hydrogen) atoms. The van der Waals surface area contributed by atoms with Crippen LogP contribution < -0.4 is 0 Å². The number of aliphatic carboxylic acids is 1. The summed E-state index contributed by atoms with van der Waals surface area (Å²) in [6.45, 7) is 2.98. The lowest BCUT2D eigenvalue weighted by Crippen LogP contribution is -2.04. The minimum absolute atomic E-state index is 0.0138. The van der Waals surface area contributed by atoms with Gasteiger partial charge in [0, 0.05) is 0 Å². The SMILES string of the molecule is C=CCC=C(CO)C(=O)O. The van der Waals surface area contributed by atoms with Crippen molar-refractivity contribution in [3.8, 4) is 0 Å². The zero-order valence-corrected chi connectivity index (χ0v) is 5.58. The van der Waals surface area contributed by atoms with Crippen LogP contribution in [0.15, 0.2) is 24.3 Å². The first kappa shape index (κ1) is 8.91. The average molecular weight is 142 g/mol. The van der Waals surface area contributed by atoms with Gasteiger partial charge in [0.25, 0.3) is 0 Å². The van der Waals surface area contributed by atoms with Crippen molar-refractivity contribution in [3.63, 3.8) is 0 Å². The third-order valence-electron chi connectivity index (χ3n) is 0.976. The topological polar surface area (TPSA) is 57.5 Å². The van der Waals surface area contributed by atoms with E-state index in [9.17, 15) is 4.79 Å². The molecule has 0 radical (unpaired) electrons. The van der Waals surface area contributed by atoms with E-state index in [2.05, 4.69) is 6.58 Å². The molecule has 0 rings (SSSR count). The monoisotopic (exact) mass is 142 g/mol. The summed E-state index contributed by atoms with van der Waals surface area (Å²) in [4.78, 5) is 10.2. The number of carbonyl (C=O) groups is 1. The molecule has 56 valence electrons. The van der Waals surface area contributed by atoms with Gasteiger partial charge in [-0.3, -0.25) is 0 Å². The maximum absolute atomic E-state index is 10.2. The molecule has 0 saturated heterocycles. The van der Waals surface area contributed by atoms with Crippen molar-refractivity contribution >= 4 is 5.97 Å². The van der Waals surface area contributed by atoms with Crippen molar-refractivity contribution in [2.45, 2.75) is 6.42 Å². The van der Waals surface area contributed by atoms with Crippen LogP contribution >= 0.6 is 0 Å². The van der Waals surface area contributed by atoms with Gasteiger partial charge >= 0.3 is 5.97 Å². The molecule has 3 nitrogen and oxygen atoms in total. The summed E-state index contributed by atoms with van der Waals surface area (Å²) in [6.07, 6.45) is 3.47. The molecule has 0 spiro atoms. The fourth-order valence-electron chi connectivity index (χ4n) is 0.445. The van der Waals surface area contributed by atoms with E-state index < -0.39 is 12.6 Å². The van der Waals surface area contributed by atoms with Gasteiger partial charge in [-0.1, -0.05) is 12.2 Å². The molecule has 0 bridgehead atoms. The molecule has 0 unspecified atom stereocenters. The van der Waals surface area contributed by atoms with Crippen LogP contribution in [0.2, 0.25) is 0 Å². The molecular weight excluding hydrogens is 132 g/mol. The van der Waals surface area contributed by atoms with Crippen LogP contribution in [-0.2, 0) is 4.79 Å². The summed E-state index contributed by atoms with van der Waals surface area (Å²) in [7, 11) is 0. The lowest BCUT2D eigenvalue weighted by atomic mass is 10.2. The number of allylic oxidation sites excluding steroid dienone is 2. The van der Waals surface area contributed by atoms with Gasteiger partial charge in [-0.25, -0.2) is 4.79 Å². The van der Waals surface area contributed by atoms with E-state index in [1.807, 2.05) is 0 Å². The van der Waals surface area contributed by atoms with E-state index in [4.69, 9.17) is 10.2 Å². The van der Waals surface area contributed by atoms with Crippen molar-refractivity contribution in [3.05, 3.63) is 24.3 Å². The third-order valence-corrected chi connectivity index (χ3v) is 0.976. The molecule has 0 aliphatic heterocycles. The highest BCUT2D eigenvalue weighted by Crippen LogP contribution is 1.95. The molecule has 3 heteroatoms. The molecule has 0 atom stereocenters. The summed E-state index contributed by atoms with van der Waals surface area (Å²) in [5.41, 5.74) is 0.0138. The highest BCUT2D eigenvalue weighted by atomic mass is 16.4. The van der Waals surface area contributed by atoms with E-state index in [-0.39, 0.29) is 5.57 Å². The Kier molecular flexibility index (Phi) is 4.24. The van der Waals surface area contributed by atoms with Crippen LogP contribution in [0.25, 0.3) is 0 Å². The highest BCUT2D eigenvalue weighted by molar-refractivity contribution is 5.86. The maximum atomic E-state index is 10.2. The predicted molar refractivity (Wildman–Crippen MR) is 37.6 cm³/mol. The van der Waals surface area contributed by atoms with Crippen LogP contribution in [0.5, 0.6) is 0 Å². The first-order chi connectivity index (χ1) is 4.72. The number of aliphatic hydroxyl groups excluding tert-OH is 1. The van der Waals surface area contributed by atoms with E-state index in [1.165, 1.54) is 6.08 Å². The quantitative estimate of drug-likeness (QED) is 0.445. The minimum atomic E-state index is -1.08. The summed E-state index contributed by atoms with van der Waals surface area (Å²) in [5.74, 6) is -1.08. The van der Waals surface area contributed by atoms with Gasteiger partial charge in [-0.05, 0) is 6.42 Å². The molecule has 0 saturated carbocycles. The Bertz CT molecular complexity index is 158. The number of hydrogen-bond donors (Lipinski definition) is 2. The van der Waals surface area contributed by atoms with E-state index in [0.717, 1.165) is 0 Å². The van der Waals surface area contributed by atoms with Gasteiger partial charge < -0.3 is 10.2 Å². The summed E-state index contributed by atoms with van der Waals surface area (Å²) in [6, 6.07) is 0. The fourth-order valence-corrected chi connectivity index (χ4v) is 0.445. The molecule has 0 aromatic carbocycles. The first-order valence-corrected chi connectivity index (χ1v) is 2.86. The normalized spacial score (nSPS) is 11.1. The van der Waals surface area contributed by atoms with Crippen LogP contribution in [0.1, 0.15) is 6.42 Å². The van der Waals surface area contributed by atoms with Crippen molar-refractivity contribution in [2.24, 2.45) is 0 Å². The zero-order valence-electron chi connectivity index (χ0n) is 5.58. The Balaban J connectivity index is 4.03. The Morgan fingerprint density at radius 2 is 2.20 bits per heavy atom. The molecule has 0 aliphatic carbocycles. The first-order valence-electron chi connectivity index (χ1n) is 2.86. The zero-order chi connectivity index (χ0) is 7.98. The molecular formula is C7H10O3. The minimum Gasteiger partial charge on any atom is -0.478 e. The lowest BCUT2D eigenvalue weighted by molar-refractivity contribution is -0.133. The maximum Gasteiger partial charge on any atom is 0.333 e. The summed E-state index contributed by atoms with van der Waals surface area (Å²) in [5, 5.41) is 16.8. The van der Waals surface area contributed by atoms with E-state index >= 15 is 0 Å². The van der Waals surface area contributed by atoms with Gasteiger partial charge in [0.1, 0.15) is 0 Å². The standard InChI is InChI=1S/C7H10O3/c1-2-3-4-6(5-8)7(9)10/h2,4,8H,1,3,5H2,(H,9,10). The van der Waals surface area contributed by atoms with Gasteiger partial charge in [0.05, 0.1) is 12.2 Å². The number of aliphatic hydroxyl groups is 1. The van der Waals surface area contributed by atoms with Crippen molar-refractivity contribution in [2.75, 3.05) is 6.61 Å².